The summed E-state index contributed by atoms with van der Waals surface area (Å²) in [5, 5.41) is 0. The van der Waals surface area contributed by atoms with Crippen LogP contribution in [0.25, 0.3) is 0 Å². The minimum absolute atomic E-state index is 0.335. The Morgan fingerprint density at radius 3 is 1.64 bits per heavy atom. The van der Waals surface area contributed by atoms with Crippen LogP contribution in [-0.2, 0) is 9.47 Å². The van der Waals surface area contributed by atoms with Crippen molar-refractivity contribution in [3.8, 4) is 0 Å². The van der Waals surface area contributed by atoms with Crippen LogP contribution < -0.4 is 0 Å². The molecular weight excluding hydrogens is 178 g/mol. The van der Waals surface area contributed by atoms with Gasteiger partial charge in [0.15, 0.2) is 0 Å². The molecule has 0 aromatic carbocycles. The van der Waals surface area contributed by atoms with Crippen LogP contribution in [0.15, 0.2) is 0 Å². The molecule has 0 aliphatic carbocycles. The van der Waals surface area contributed by atoms with Gasteiger partial charge in [-0.25, -0.2) is 0 Å². The molecule has 0 aliphatic rings. The molecule has 0 spiro atoms. The maximum Gasteiger partial charge on any atom is 0.0589 e. The highest BCUT2D eigenvalue weighted by atomic mass is 16.5. The normalized spacial score (nSPS) is 12.4. The molecule has 0 aromatic heterocycles. The van der Waals surface area contributed by atoms with Crippen molar-refractivity contribution in [2.45, 2.75) is 20.8 Å². The summed E-state index contributed by atoms with van der Waals surface area (Å²) in [4.78, 5) is 2.38. The number of ether oxygens (including phenoxy) is 2. The molecular formula is C11H25NO2. The zero-order valence-electron chi connectivity index (χ0n) is 10.3. The molecule has 0 N–H and O–H groups in total. The third-order valence-electron chi connectivity index (χ3n) is 1.92. The molecule has 0 rings (SSSR count). The minimum Gasteiger partial charge on any atom is -0.383 e. The summed E-state index contributed by atoms with van der Waals surface area (Å²) in [7, 11) is 3.48. The molecule has 0 aliphatic heterocycles. The summed E-state index contributed by atoms with van der Waals surface area (Å²) in [6.07, 6.45) is 0. The molecule has 0 bridgehead atoms. The van der Waals surface area contributed by atoms with Gasteiger partial charge in [-0.05, 0) is 5.41 Å². The Morgan fingerprint density at radius 1 is 0.929 bits per heavy atom. The fraction of sp³-hybridized carbons (Fsp3) is 1.00. The predicted octanol–water partition coefficient (Wildman–Crippen LogP) is 1.63. The quantitative estimate of drug-likeness (QED) is 0.627. The molecule has 0 heterocycles. The van der Waals surface area contributed by atoms with Crippen LogP contribution in [0, 0.1) is 5.41 Å². The summed E-state index contributed by atoms with van der Waals surface area (Å²) in [5.74, 6) is 0. The van der Waals surface area contributed by atoms with E-state index in [2.05, 4.69) is 25.7 Å². The van der Waals surface area contributed by atoms with Crippen LogP contribution in [0.3, 0.4) is 0 Å². The van der Waals surface area contributed by atoms with Gasteiger partial charge in [-0.3, -0.25) is 4.90 Å². The molecule has 3 nitrogen and oxygen atoms in total. The Balaban J connectivity index is 3.84. The first-order chi connectivity index (χ1) is 6.49. The number of methoxy groups -OCH3 is 2. The highest BCUT2D eigenvalue weighted by Crippen LogP contribution is 2.14. The second kappa shape index (κ2) is 7.21. The fourth-order valence-electron chi connectivity index (χ4n) is 1.38. The smallest absolute Gasteiger partial charge is 0.0589 e. The number of nitrogens with zero attached hydrogens (tertiary/aromatic N) is 1. The Hall–Kier alpha value is -0.120. The van der Waals surface area contributed by atoms with E-state index in [1.165, 1.54) is 0 Å². The summed E-state index contributed by atoms with van der Waals surface area (Å²) < 4.78 is 10.2. The Morgan fingerprint density at radius 2 is 1.36 bits per heavy atom. The molecule has 0 fully saturated rings. The van der Waals surface area contributed by atoms with Gasteiger partial charge < -0.3 is 9.47 Å². The molecule has 86 valence electrons. The van der Waals surface area contributed by atoms with Crippen LogP contribution in [0.1, 0.15) is 20.8 Å². The van der Waals surface area contributed by atoms with Crippen molar-refractivity contribution < 1.29 is 9.47 Å². The first-order valence-corrected chi connectivity index (χ1v) is 5.20. The van der Waals surface area contributed by atoms with Crippen LogP contribution in [0.5, 0.6) is 0 Å². The highest BCUT2D eigenvalue weighted by Gasteiger charge is 2.15. The highest BCUT2D eigenvalue weighted by molar-refractivity contribution is 4.68. The predicted molar refractivity (Wildman–Crippen MR) is 59.6 cm³/mol. The van der Waals surface area contributed by atoms with Crippen molar-refractivity contribution in [3.05, 3.63) is 0 Å². The third kappa shape index (κ3) is 8.48. The lowest BCUT2D eigenvalue weighted by molar-refractivity contribution is 0.0928. The largest absolute Gasteiger partial charge is 0.383 e. The Labute approximate surface area is 88.4 Å². The van der Waals surface area contributed by atoms with Crippen LogP contribution in [-0.4, -0.2) is 52.0 Å². The average Bonchev–Trinajstić information content (AvgIpc) is 2.07. The zero-order chi connectivity index (χ0) is 11.0. The van der Waals surface area contributed by atoms with Gasteiger partial charge in [0, 0.05) is 33.9 Å². The summed E-state index contributed by atoms with van der Waals surface area (Å²) in [5.41, 5.74) is 0.335. The molecule has 0 unspecified atom stereocenters. The molecule has 0 aromatic rings. The van der Waals surface area contributed by atoms with E-state index in [1.807, 2.05) is 0 Å². The number of hydrogen-bond acceptors (Lipinski definition) is 3. The monoisotopic (exact) mass is 203 g/mol. The van der Waals surface area contributed by atoms with E-state index in [1.54, 1.807) is 14.2 Å². The van der Waals surface area contributed by atoms with E-state index in [0.717, 1.165) is 32.8 Å². The van der Waals surface area contributed by atoms with Crippen molar-refractivity contribution in [1.29, 1.82) is 0 Å². The Bertz CT molecular complexity index is 124. The molecule has 0 amide bonds. The van der Waals surface area contributed by atoms with Crippen molar-refractivity contribution in [3.63, 3.8) is 0 Å². The third-order valence-corrected chi connectivity index (χ3v) is 1.92. The van der Waals surface area contributed by atoms with Gasteiger partial charge in [-0.2, -0.15) is 0 Å². The molecule has 0 radical (unpaired) electrons. The first-order valence-electron chi connectivity index (χ1n) is 5.20. The first kappa shape index (κ1) is 13.9. The van der Waals surface area contributed by atoms with Gasteiger partial charge in [0.2, 0.25) is 0 Å². The van der Waals surface area contributed by atoms with Crippen molar-refractivity contribution in [2.75, 3.05) is 47.1 Å². The molecule has 0 atom stereocenters. The lowest BCUT2D eigenvalue weighted by atomic mass is 9.96. The summed E-state index contributed by atoms with van der Waals surface area (Å²) >= 11 is 0. The fourth-order valence-corrected chi connectivity index (χ4v) is 1.38. The van der Waals surface area contributed by atoms with Crippen molar-refractivity contribution in [2.24, 2.45) is 5.41 Å². The number of rotatable bonds is 7. The van der Waals surface area contributed by atoms with Crippen LogP contribution in [0.4, 0.5) is 0 Å². The average molecular weight is 203 g/mol. The van der Waals surface area contributed by atoms with Gasteiger partial charge in [0.1, 0.15) is 0 Å². The molecule has 14 heavy (non-hydrogen) atoms. The lowest BCUT2D eigenvalue weighted by Crippen LogP contribution is -2.37. The van der Waals surface area contributed by atoms with Gasteiger partial charge in [-0.15, -0.1) is 0 Å². The van der Waals surface area contributed by atoms with E-state index < -0.39 is 0 Å². The summed E-state index contributed by atoms with van der Waals surface area (Å²) in [6.45, 7) is 11.4. The SMILES string of the molecule is COCCN(CCOC)CC(C)(C)C. The second-order valence-electron chi connectivity index (χ2n) is 4.82. The van der Waals surface area contributed by atoms with E-state index in [-0.39, 0.29) is 0 Å². The van der Waals surface area contributed by atoms with Crippen LogP contribution in [0.2, 0.25) is 0 Å². The zero-order valence-corrected chi connectivity index (χ0v) is 10.3. The van der Waals surface area contributed by atoms with Gasteiger partial charge in [-0.1, -0.05) is 20.8 Å². The number of hydrogen-bond donors (Lipinski definition) is 0. The molecule has 0 saturated heterocycles. The molecule has 0 saturated carbocycles. The molecule has 3 heteroatoms. The van der Waals surface area contributed by atoms with E-state index in [0.29, 0.717) is 5.41 Å². The minimum atomic E-state index is 0.335. The maximum atomic E-state index is 5.08. The van der Waals surface area contributed by atoms with Crippen LogP contribution >= 0.6 is 0 Å². The van der Waals surface area contributed by atoms with Crippen molar-refractivity contribution >= 4 is 0 Å². The van der Waals surface area contributed by atoms with Gasteiger partial charge in [0.25, 0.3) is 0 Å². The second-order valence-corrected chi connectivity index (χ2v) is 4.82. The van der Waals surface area contributed by atoms with E-state index in [9.17, 15) is 0 Å². The topological polar surface area (TPSA) is 21.7 Å². The van der Waals surface area contributed by atoms with E-state index in [4.69, 9.17) is 9.47 Å². The van der Waals surface area contributed by atoms with Crippen molar-refractivity contribution in [1.82, 2.24) is 4.90 Å². The van der Waals surface area contributed by atoms with E-state index >= 15 is 0 Å². The lowest BCUT2D eigenvalue weighted by Gasteiger charge is -2.29. The van der Waals surface area contributed by atoms with Gasteiger partial charge in [0.05, 0.1) is 13.2 Å². The van der Waals surface area contributed by atoms with Gasteiger partial charge >= 0.3 is 0 Å². The standard InChI is InChI=1S/C11H25NO2/c1-11(2,3)10-12(6-8-13-4)7-9-14-5/h6-10H2,1-5H3. The Kier molecular flexibility index (Phi) is 7.15. The maximum absolute atomic E-state index is 5.08. The summed E-state index contributed by atoms with van der Waals surface area (Å²) in [6, 6.07) is 0.